The topological polar surface area (TPSA) is 59.0 Å². The number of carbonyl (C=O) groups is 1. The number of rotatable bonds is 4. The highest BCUT2D eigenvalue weighted by atomic mass is 16.2. The molecule has 0 saturated heterocycles. The number of urea groups is 1. The summed E-state index contributed by atoms with van der Waals surface area (Å²) in [5.41, 5.74) is 4.85. The van der Waals surface area contributed by atoms with Crippen molar-refractivity contribution in [2.75, 3.05) is 5.32 Å². The Balaban J connectivity index is 1.56. The lowest BCUT2D eigenvalue weighted by Crippen LogP contribution is -2.31. The fourth-order valence-corrected chi connectivity index (χ4v) is 3.63. The first kappa shape index (κ1) is 18.7. The van der Waals surface area contributed by atoms with Crippen LogP contribution in [0.15, 0.2) is 72.9 Å². The Morgan fingerprint density at radius 1 is 0.966 bits per heavy atom. The van der Waals surface area contributed by atoms with E-state index in [9.17, 15) is 4.79 Å². The van der Waals surface area contributed by atoms with Crippen molar-refractivity contribution in [2.24, 2.45) is 0 Å². The summed E-state index contributed by atoms with van der Waals surface area (Å²) in [7, 11) is 0. The number of nitrogens with zero attached hydrogens (tertiary/aromatic N) is 2. The minimum absolute atomic E-state index is 0.178. The second-order valence-corrected chi connectivity index (χ2v) is 7.23. The second kappa shape index (κ2) is 7.80. The summed E-state index contributed by atoms with van der Waals surface area (Å²) in [4.78, 5) is 12.5. The van der Waals surface area contributed by atoms with Gasteiger partial charge < -0.3 is 10.6 Å². The summed E-state index contributed by atoms with van der Waals surface area (Å²) in [6.07, 6.45) is 1.83. The van der Waals surface area contributed by atoms with Gasteiger partial charge in [0.2, 0.25) is 0 Å². The second-order valence-electron chi connectivity index (χ2n) is 7.23. The number of aromatic nitrogens is 2. The van der Waals surface area contributed by atoms with Crippen molar-refractivity contribution in [3.8, 4) is 5.69 Å². The van der Waals surface area contributed by atoms with Crippen LogP contribution in [0.25, 0.3) is 16.5 Å². The first-order valence-corrected chi connectivity index (χ1v) is 9.70. The molecule has 3 aromatic carbocycles. The molecule has 0 aliphatic heterocycles. The van der Waals surface area contributed by atoms with Crippen molar-refractivity contribution in [3.05, 3.63) is 89.7 Å². The molecule has 5 heteroatoms. The van der Waals surface area contributed by atoms with E-state index in [0.29, 0.717) is 0 Å². The smallest absolute Gasteiger partial charge is 0.319 e. The average molecular weight is 384 g/mol. The van der Waals surface area contributed by atoms with Crippen LogP contribution in [0.2, 0.25) is 0 Å². The summed E-state index contributed by atoms with van der Waals surface area (Å²) in [5.74, 6) is 0. The highest BCUT2D eigenvalue weighted by Gasteiger charge is 2.17. The molecule has 5 nitrogen and oxygen atoms in total. The molecular weight excluding hydrogens is 360 g/mol. The molecule has 2 N–H and O–H groups in total. The SMILES string of the molecule is Cc1ccccc1NC(=O)NC(C)c1cnn(-c2cccc3ccccc23)c1C. The van der Waals surface area contributed by atoms with Crippen molar-refractivity contribution < 1.29 is 4.79 Å². The van der Waals surface area contributed by atoms with Crippen LogP contribution in [0, 0.1) is 13.8 Å². The van der Waals surface area contributed by atoms with Gasteiger partial charge in [-0.15, -0.1) is 0 Å². The number of hydrogen-bond donors (Lipinski definition) is 2. The van der Waals surface area contributed by atoms with Gasteiger partial charge in [0, 0.05) is 22.3 Å². The third-order valence-corrected chi connectivity index (χ3v) is 5.25. The molecule has 4 rings (SSSR count). The molecule has 146 valence electrons. The molecule has 0 spiro atoms. The quantitative estimate of drug-likeness (QED) is 0.486. The minimum Gasteiger partial charge on any atom is -0.331 e. The van der Waals surface area contributed by atoms with E-state index < -0.39 is 0 Å². The van der Waals surface area contributed by atoms with Crippen LogP contribution in [0.5, 0.6) is 0 Å². The van der Waals surface area contributed by atoms with Gasteiger partial charge in [0.15, 0.2) is 0 Å². The summed E-state index contributed by atoms with van der Waals surface area (Å²) in [6.45, 7) is 5.97. The first-order chi connectivity index (χ1) is 14.0. The van der Waals surface area contributed by atoms with E-state index in [1.165, 1.54) is 5.39 Å². The van der Waals surface area contributed by atoms with Crippen LogP contribution < -0.4 is 10.6 Å². The largest absolute Gasteiger partial charge is 0.331 e. The lowest BCUT2D eigenvalue weighted by Gasteiger charge is -2.16. The third kappa shape index (κ3) is 3.72. The summed E-state index contributed by atoms with van der Waals surface area (Å²) in [5, 5.41) is 12.9. The molecule has 0 aliphatic carbocycles. The number of carbonyl (C=O) groups excluding carboxylic acids is 1. The molecule has 29 heavy (non-hydrogen) atoms. The van der Waals surface area contributed by atoms with Crippen LogP contribution in [-0.2, 0) is 0 Å². The van der Waals surface area contributed by atoms with Gasteiger partial charge in [0.05, 0.1) is 17.9 Å². The maximum atomic E-state index is 12.5. The number of anilines is 1. The molecule has 0 fully saturated rings. The molecule has 0 aliphatic rings. The highest BCUT2D eigenvalue weighted by Crippen LogP contribution is 2.26. The Bertz CT molecular complexity index is 1170. The Kier molecular flexibility index (Phi) is 5.04. The Morgan fingerprint density at radius 2 is 1.69 bits per heavy atom. The van der Waals surface area contributed by atoms with Gasteiger partial charge in [0.25, 0.3) is 0 Å². The van der Waals surface area contributed by atoms with Gasteiger partial charge in [-0.05, 0) is 43.9 Å². The number of benzene rings is 3. The van der Waals surface area contributed by atoms with E-state index in [-0.39, 0.29) is 12.1 Å². The molecule has 0 radical (unpaired) electrons. The van der Waals surface area contributed by atoms with Crippen LogP contribution in [-0.4, -0.2) is 15.8 Å². The fourth-order valence-electron chi connectivity index (χ4n) is 3.63. The van der Waals surface area contributed by atoms with E-state index in [1.54, 1.807) is 0 Å². The zero-order valence-corrected chi connectivity index (χ0v) is 16.8. The summed E-state index contributed by atoms with van der Waals surface area (Å²) >= 11 is 0. The molecule has 1 unspecified atom stereocenters. The number of hydrogen-bond acceptors (Lipinski definition) is 2. The molecule has 1 aromatic heterocycles. The Labute approximate surface area is 170 Å². The summed E-state index contributed by atoms with van der Waals surface area (Å²) < 4.78 is 1.94. The third-order valence-electron chi connectivity index (χ3n) is 5.25. The molecule has 0 saturated carbocycles. The predicted molar refractivity (Wildman–Crippen MR) is 118 cm³/mol. The van der Waals surface area contributed by atoms with Gasteiger partial charge in [-0.25, -0.2) is 9.48 Å². The van der Waals surface area contributed by atoms with E-state index >= 15 is 0 Å². The van der Waals surface area contributed by atoms with Gasteiger partial charge in [-0.3, -0.25) is 0 Å². The van der Waals surface area contributed by atoms with Gasteiger partial charge in [-0.1, -0.05) is 54.6 Å². The molecule has 1 atom stereocenters. The van der Waals surface area contributed by atoms with Crippen molar-refractivity contribution in [1.82, 2.24) is 15.1 Å². The lowest BCUT2D eigenvalue weighted by molar-refractivity contribution is 0.249. The lowest BCUT2D eigenvalue weighted by atomic mass is 10.1. The van der Waals surface area contributed by atoms with Crippen LogP contribution in [0.1, 0.15) is 29.8 Å². The number of fused-ring (bicyclic) bond motifs is 1. The number of aryl methyl sites for hydroxylation is 1. The average Bonchev–Trinajstić information content (AvgIpc) is 3.10. The maximum absolute atomic E-state index is 12.5. The predicted octanol–water partition coefficient (Wildman–Crippen LogP) is 5.53. The molecular formula is C24H24N4O. The minimum atomic E-state index is -0.232. The van der Waals surface area contributed by atoms with Crippen molar-refractivity contribution >= 4 is 22.5 Å². The van der Waals surface area contributed by atoms with Crippen LogP contribution in [0.4, 0.5) is 10.5 Å². The number of para-hydroxylation sites is 1. The van der Waals surface area contributed by atoms with E-state index in [4.69, 9.17) is 0 Å². The number of amides is 2. The zero-order chi connectivity index (χ0) is 20.4. The van der Waals surface area contributed by atoms with E-state index in [0.717, 1.165) is 33.6 Å². The van der Waals surface area contributed by atoms with Crippen LogP contribution >= 0.6 is 0 Å². The van der Waals surface area contributed by atoms with Crippen molar-refractivity contribution in [2.45, 2.75) is 26.8 Å². The van der Waals surface area contributed by atoms with Crippen LogP contribution in [0.3, 0.4) is 0 Å². The fraction of sp³-hybridized carbons (Fsp3) is 0.167. The Morgan fingerprint density at radius 3 is 2.52 bits per heavy atom. The monoisotopic (exact) mass is 384 g/mol. The maximum Gasteiger partial charge on any atom is 0.319 e. The summed E-state index contributed by atoms with van der Waals surface area (Å²) in [6, 6.07) is 21.8. The number of nitrogens with one attached hydrogen (secondary N) is 2. The molecule has 0 bridgehead atoms. The van der Waals surface area contributed by atoms with E-state index in [1.807, 2.05) is 74.1 Å². The van der Waals surface area contributed by atoms with E-state index in [2.05, 4.69) is 40.0 Å². The molecule has 4 aromatic rings. The molecule has 2 amide bonds. The Hall–Kier alpha value is -3.60. The van der Waals surface area contributed by atoms with Gasteiger partial charge in [0.1, 0.15) is 0 Å². The zero-order valence-electron chi connectivity index (χ0n) is 16.8. The first-order valence-electron chi connectivity index (χ1n) is 9.70. The van der Waals surface area contributed by atoms with Gasteiger partial charge in [-0.2, -0.15) is 5.10 Å². The van der Waals surface area contributed by atoms with Crippen molar-refractivity contribution in [1.29, 1.82) is 0 Å². The molecule has 1 heterocycles. The van der Waals surface area contributed by atoms with Crippen molar-refractivity contribution in [3.63, 3.8) is 0 Å². The normalized spacial score (nSPS) is 12.0. The van der Waals surface area contributed by atoms with Gasteiger partial charge >= 0.3 is 6.03 Å². The highest BCUT2D eigenvalue weighted by molar-refractivity contribution is 5.91. The standard InChI is InChI=1S/C24H24N4O/c1-16-9-4-7-13-22(16)27-24(29)26-17(2)21-15-25-28(18(21)3)23-14-8-11-19-10-5-6-12-20(19)23/h4-15,17H,1-3H3,(H2,26,27,29).